The fourth-order valence-electron chi connectivity index (χ4n) is 7.52. The summed E-state index contributed by atoms with van der Waals surface area (Å²) in [6.45, 7) is 10.3. The van der Waals surface area contributed by atoms with Gasteiger partial charge in [-0.25, -0.2) is 9.69 Å². The predicted molar refractivity (Wildman–Crippen MR) is 277 cm³/mol. The Morgan fingerprint density at radius 1 is 1.00 bits per heavy atom. The van der Waals surface area contributed by atoms with E-state index in [1.54, 1.807) is 42.0 Å². The number of aliphatic carboxylic acids is 1. The Kier molecular flexibility index (Phi) is 25.0. The lowest BCUT2D eigenvalue weighted by atomic mass is 9.93. The second-order valence-corrected chi connectivity index (χ2v) is 19.8. The van der Waals surface area contributed by atoms with Crippen LogP contribution >= 0.6 is 65.6 Å². The van der Waals surface area contributed by atoms with Crippen molar-refractivity contribution in [1.82, 2.24) is 5.32 Å². The first-order valence-corrected chi connectivity index (χ1v) is 26.2. The number of nitrogens with one attached hydrogen (secondary N) is 1. The minimum Gasteiger partial charge on any atom is -0.489 e. The number of ether oxygens (including phenoxy) is 3. The third-order valence-electron chi connectivity index (χ3n) is 10.6. The summed E-state index contributed by atoms with van der Waals surface area (Å²) in [4.78, 5) is 90.7. The summed E-state index contributed by atoms with van der Waals surface area (Å²) in [7, 11) is -2.46. The maximum atomic E-state index is 12.7. The summed E-state index contributed by atoms with van der Waals surface area (Å²) in [6.07, 6.45) is 4.73. The normalized spacial score (nSPS) is 15.7. The van der Waals surface area contributed by atoms with E-state index in [9.17, 15) is 33.3 Å². The summed E-state index contributed by atoms with van der Waals surface area (Å²) in [5, 5.41) is 10.3. The van der Waals surface area contributed by atoms with E-state index in [0.29, 0.717) is 59.2 Å². The SMILES string of the molecule is CC1COc2ccccc2N1C(=O)C(Cl)Cl.CCOC(=O)/C(Cl)=C/c1cc(N2C(=O)C3=C(CCCC3)C2=O)ccc1Cl.CCc1cccc(C)c1N(C(=O)CCl)C(C)COC.O=C(O)CNCP(=O)(O)O. The van der Waals surface area contributed by atoms with Crippen molar-refractivity contribution in [2.24, 2.45) is 0 Å². The molecule has 388 valence electrons. The van der Waals surface area contributed by atoms with Gasteiger partial charge in [-0.3, -0.25) is 33.9 Å². The number of hydrogen-bond donors (Lipinski definition) is 4. The third-order valence-corrected chi connectivity index (χ3v) is 12.5. The van der Waals surface area contributed by atoms with E-state index in [2.05, 4.69) is 18.3 Å². The molecule has 2 heterocycles. The minimum atomic E-state index is -4.10. The molecule has 2 atom stereocenters. The van der Waals surface area contributed by atoms with Gasteiger partial charge in [-0.2, -0.15) is 0 Å². The maximum Gasteiger partial charge on any atom is 0.349 e. The molecule has 0 bridgehead atoms. The number of methoxy groups -OCH3 is 1. The number of carbonyl (C=O) groups is 6. The monoisotopic (exact) mass is 1100 g/mol. The van der Waals surface area contributed by atoms with Gasteiger partial charge in [-0.1, -0.05) is 83.7 Å². The van der Waals surface area contributed by atoms with Crippen molar-refractivity contribution in [1.29, 1.82) is 0 Å². The van der Waals surface area contributed by atoms with E-state index < -0.39 is 37.2 Å². The number of carboxylic acids is 1. The van der Waals surface area contributed by atoms with Gasteiger partial charge in [0.25, 0.3) is 17.7 Å². The molecule has 1 aliphatic carbocycles. The molecule has 2 unspecified atom stereocenters. The molecule has 71 heavy (non-hydrogen) atoms. The molecule has 23 heteroatoms. The number of carboxylic acid groups (broad SMARTS) is 1. The van der Waals surface area contributed by atoms with Crippen LogP contribution in [0.15, 0.2) is 76.8 Å². The number of benzene rings is 3. The van der Waals surface area contributed by atoms with Crippen molar-refractivity contribution < 1.29 is 62.4 Å². The van der Waals surface area contributed by atoms with Gasteiger partial charge in [0, 0.05) is 23.3 Å². The second kappa shape index (κ2) is 29.2. The number of hydrogen-bond acceptors (Lipinski definition) is 11. The Bertz CT molecular complexity index is 2470. The van der Waals surface area contributed by atoms with Crippen LogP contribution in [0.1, 0.15) is 70.1 Å². The molecule has 4 N–H and O–H groups in total. The van der Waals surface area contributed by atoms with Crippen LogP contribution in [0.25, 0.3) is 6.08 Å². The molecule has 2 aliphatic heterocycles. The minimum absolute atomic E-state index is 0.0223. The van der Waals surface area contributed by atoms with Gasteiger partial charge in [-0.05, 0) is 113 Å². The van der Waals surface area contributed by atoms with Gasteiger partial charge in [0.2, 0.25) is 5.91 Å². The zero-order chi connectivity index (χ0) is 53.2. The topological polar surface area (TPSA) is 230 Å². The Morgan fingerprint density at radius 2 is 1.63 bits per heavy atom. The summed E-state index contributed by atoms with van der Waals surface area (Å²) in [5.41, 5.74) is 5.97. The summed E-state index contributed by atoms with van der Waals surface area (Å²) in [6, 6.07) is 18.1. The van der Waals surface area contributed by atoms with Crippen molar-refractivity contribution in [3.8, 4) is 5.75 Å². The number of para-hydroxylation sites is 3. The van der Waals surface area contributed by atoms with Gasteiger partial charge in [0.1, 0.15) is 23.3 Å². The fourth-order valence-corrected chi connectivity index (χ4v) is 8.61. The Labute approximate surface area is 438 Å². The number of aryl methyl sites for hydroxylation is 2. The molecule has 3 aromatic rings. The average Bonchev–Trinajstić information content (AvgIpc) is 3.58. The smallest absolute Gasteiger partial charge is 0.349 e. The molecular weight excluding hydrogens is 1050 g/mol. The van der Waals surface area contributed by atoms with Crippen molar-refractivity contribution in [3.63, 3.8) is 0 Å². The van der Waals surface area contributed by atoms with Crippen molar-refractivity contribution in [2.45, 2.75) is 83.6 Å². The molecule has 4 amide bonds. The number of esters is 1. The lowest BCUT2D eigenvalue weighted by molar-refractivity contribution is -0.138. The molecule has 0 radical (unpaired) electrons. The van der Waals surface area contributed by atoms with Gasteiger partial charge in [0.15, 0.2) is 4.84 Å². The molecule has 0 aromatic heterocycles. The number of amides is 4. The van der Waals surface area contributed by atoms with Crippen LogP contribution in [0.5, 0.6) is 5.75 Å². The highest BCUT2D eigenvalue weighted by molar-refractivity contribution is 7.51. The number of fused-ring (bicyclic) bond motifs is 1. The molecule has 0 saturated heterocycles. The highest BCUT2D eigenvalue weighted by Crippen LogP contribution is 2.38. The van der Waals surface area contributed by atoms with E-state index >= 15 is 0 Å². The van der Waals surface area contributed by atoms with E-state index in [-0.39, 0.29) is 53.2 Å². The van der Waals surface area contributed by atoms with Gasteiger partial charge >= 0.3 is 19.5 Å². The lowest BCUT2D eigenvalue weighted by Crippen LogP contribution is -2.47. The number of nitrogens with zero attached hydrogens (tertiary/aromatic N) is 3. The number of rotatable bonds is 15. The molecule has 6 rings (SSSR count). The predicted octanol–water partition coefficient (Wildman–Crippen LogP) is 8.79. The molecule has 3 aliphatic rings. The molecule has 17 nitrogen and oxygen atoms in total. The number of anilines is 3. The molecule has 0 fully saturated rings. The number of halogens is 5. The summed E-state index contributed by atoms with van der Waals surface area (Å²) >= 11 is 29.1. The van der Waals surface area contributed by atoms with E-state index in [1.807, 2.05) is 57.2 Å². The first-order valence-electron chi connectivity index (χ1n) is 22.2. The standard InChI is InChI=1S/C19H17Cl2NO4.C15H22ClNO2.C11H11Cl2NO2.C3H8NO5P/c1-2-26-19(25)16(21)10-11-9-12(7-8-15(11)20)22-17(23)13-5-3-4-6-14(13)18(22)24;1-5-13-8-6-7-11(2)15(13)17(14(18)9-16)12(3)10-19-4;1-7-6-16-9-5-3-2-4-8(9)14(7)11(15)10(12)13;5-3(6)1-4-2-10(7,8)9/h7-10H,2-6H2,1H3;6-8,12H,5,9-10H2,1-4H3;2-5,7,10H,6H2,1H3;4H,1-2H2,(H,5,6)(H2,7,8,9)/b16-10-;;;. The molecule has 0 spiro atoms. The van der Waals surface area contributed by atoms with E-state index in [1.165, 1.54) is 11.0 Å². The first-order chi connectivity index (χ1) is 33.5. The number of alkyl halides is 3. The van der Waals surface area contributed by atoms with Crippen LogP contribution in [0.4, 0.5) is 17.1 Å². The van der Waals surface area contributed by atoms with Crippen LogP contribution in [0.2, 0.25) is 5.02 Å². The Hall–Kier alpha value is -4.52. The number of carbonyl (C=O) groups excluding carboxylic acids is 5. The second-order valence-electron chi connectivity index (χ2n) is 15.9. The maximum absolute atomic E-state index is 12.7. The van der Waals surface area contributed by atoms with Crippen LogP contribution in [-0.2, 0) is 49.2 Å². The zero-order valence-electron chi connectivity index (χ0n) is 40.0. The van der Waals surface area contributed by atoms with Crippen molar-refractivity contribution in [2.75, 3.05) is 60.3 Å². The lowest BCUT2D eigenvalue weighted by Gasteiger charge is -2.35. The van der Waals surface area contributed by atoms with Crippen molar-refractivity contribution >= 4 is 124 Å². The van der Waals surface area contributed by atoms with Crippen molar-refractivity contribution in [3.05, 3.63) is 98.6 Å². The molecular formula is C48H58Cl5N4O13P. The van der Waals surface area contributed by atoms with Crippen LogP contribution in [0, 0.1) is 6.92 Å². The highest BCUT2D eigenvalue weighted by Gasteiger charge is 2.40. The Morgan fingerprint density at radius 3 is 2.18 bits per heavy atom. The van der Waals surface area contributed by atoms with Crippen LogP contribution < -0.4 is 24.8 Å². The summed E-state index contributed by atoms with van der Waals surface area (Å²) < 4.78 is 25.6. The Balaban J connectivity index is 0.000000264. The fraction of sp³-hybridized carbons (Fsp3) is 0.417. The van der Waals surface area contributed by atoms with Gasteiger partial charge < -0.3 is 38.9 Å². The molecule has 0 saturated carbocycles. The van der Waals surface area contributed by atoms with Crippen LogP contribution in [0.3, 0.4) is 0 Å². The zero-order valence-corrected chi connectivity index (χ0v) is 44.6. The van der Waals surface area contributed by atoms with Crippen LogP contribution in [-0.4, -0.2) is 113 Å². The largest absolute Gasteiger partial charge is 0.489 e. The van der Waals surface area contributed by atoms with E-state index in [4.69, 9.17) is 87.1 Å². The average molecular weight is 1110 g/mol. The summed E-state index contributed by atoms with van der Waals surface area (Å²) in [5.74, 6) is -2.11. The number of imide groups is 1. The van der Waals surface area contributed by atoms with Gasteiger partial charge in [-0.15, -0.1) is 11.6 Å². The third kappa shape index (κ3) is 17.6. The highest BCUT2D eigenvalue weighted by atomic mass is 35.5. The first kappa shape index (κ1) is 60.8. The van der Waals surface area contributed by atoms with E-state index in [0.717, 1.165) is 41.8 Å². The molecule has 3 aromatic carbocycles. The quantitative estimate of drug-likeness (QED) is 0.0367. The van der Waals surface area contributed by atoms with Gasteiger partial charge in [0.05, 0.1) is 55.2 Å².